The number of ether oxygens (including phenoxy) is 2. The van der Waals surface area contributed by atoms with Gasteiger partial charge in [-0.3, -0.25) is 9.59 Å². The number of hydrogen-bond acceptors (Lipinski definition) is 4. The zero-order valence-electron chi connectivity index (χ0n) is 12.7. The van der Waals surface area contributed by atoms with Crippen LogP contribution in [0.15, 0.2) is 24.3 Å². The highest BCUT2D eigenvalue weighted by molar-refractivity contribution is 5.87. The predicted octanol–water partition coefficient (Wildman–Crippen LogP) is 2.00. The summed E-state index contributed by atoms with van der Waals surface area (Å²) in [5, 5.41) is 0. The van der Waals surface area contributed by atoms with Gasteiger partial charge in [-0.1, -0.05) is 12.1 Å². The van der Waals surface area contributed by atoms with Crippen LogP contribution in [0.25, 0.3) is 0 Å². The lowest BCUT2D eigenvalue weighted by molar-refractivity contribution is -0.148. The van der Waals surface area contributed by atoms with Crippen molar-refractivity contribution in [1.29, 1.82) is 0 Å². The fraction of sp³-hybridized carbons (Fsp3) is 0.500. The van der Waals surface area contributed by atoms with Crippen LogP contribution in [-0.4, -0.2) is 36.5 Å². The smallest absolute Gasteiger partial charge is 0.311 e. The summed E-state index contributed by atoms with van der Waals surface area (Å²) in [6.07, 6.45) is 0.232. The molecule has 0 bridgehead atoms. The number of nitrogens with zero attached hydrogens (tertiary/aromatic N) is 1. The molecule has 114 valence electrons. The minimum Gasteiger partial charge on any atom is -0.497 e. The Kier molecular flexibility index (Phi) is 4.83. The SMILES string of the molecule is CCOC(=O)C1CC(=O)N(Cc2ccc(OC)cc2)C1C. The van der Waals surface area contributed by atoms with E-state index in [0.29, 0.717) is 13.2 Å². The fourth-order valence-corrected chi connectivity index (χ4v) is 2.61. The van der Waals surface area contributed by atoms with Crippen LogP contribution in [-0.2, 0) is 20.9 Å². The average molecular weight is 291 g/mol. The van der Waals surface area contributed by atoms with Crippen LogP contribution in [0.1, 0.15) is 25.8 Å². The minimum absolute atomic E-state index is 0.00336. The van der Waals surface area contributed by atoms with E-state index in [2.05, 4.69) is 0 Å². The molecule has 1 aliphatic rings. The molecule has 0 spiro atoms. The number of carbonyl (C=O) groups is 2. The lowest BCUT2D eigenvalue weighted by Crippen LogP contribution is -2.35. The fourth-order valence-electron chi connectivity index (χ4n) is 2.61. The van der Waals surface area contributed by atoms with Crippen molar-refractivity contribution >= 4 is 11.9 Å². The number of amides is 1. The molecule has 5 heteroatoms. The Balaban J connectivity index is 2.05. The van der Waals surface area contributed by atoms with Gasteiger partial charge in [-0.2, -0.15) is 0 Å². The Morgan fingerprint density at radius 1 is 1.33 bits per heavy atom. The maximum Gasteiger partial charge on any atom is 0.311 e. The summed E-state index contributed by atoms with van der Waals surface area (Å²) in [6.45, 7) is 4.51. The van der Waals surface area contributed by atoms with Gasteiger partial charge in [0, 0.05) is 19.0 Å². The number of benzene rings is 1. The van der Waals surface area contributed by atoms with Gasteiger partial charge in [-0.25, -0.2) is 0 Å². The molecular formula is C16H21NO4. The van der Waals surface area contributed by atoms with Crippen LogP contribution in [0.5, 0.6) is 5.75 Å². The Hall–Kier alpha value is -2.04. The van der Waals surface area contributed by atoms with Crippen molar-refractivity contribution in [3.05, 3.63) is 29.8 Å². The summed E-state index contributed by atoms with van der Waals surface area (Å²) in [7, 11) is 1.62. The van der Waals surface area contributed by atoms with E-state index in [4.69, 9.17) is 9.47 Å². The molecule has 1 aliphatic heterocycles. The number of rotatable bonds is 5. The highest BCUT2D eigenvalue weighted by Gasteiger charge is 2.41. The highest BCUT2D eigenvalue weighted by Crippen LogP contribution is 2.28. The quantitative estimate of drug-likeness (QED) is 0.779. The van der Waals surface area contributed by atoms with Crippen LogP contribution in [0.2, 0.25) is 0 Å². The summed E-state index contributed by atoms with van der Waals surface area (Å²) >= 11 is 0. The highest BCUT2D eigenvalue weighted by atomic mass is 16.5. The third kappa shape index (κ3) is 3.35. The van der Waals surface area contributed by atoms with Crippen LogP contribution in [0.4, 0.5) is 0 Å². The van der Waals surface area contributed by atoms with Crippen LogP contribution in [0.3, 0.4) is 0 Å². The van der Waals surface area contributed by atoms with E-state index in [1.54, 1.807) is 18.9 Å². The molecular weight excluding hydrogens is 270 g/mol. The summed E-state index contributed by atoms with van der Waals surface area (Å²) in [5.41, 5.74) is 1.01. The Morgan fingerprint density at radius 2 is 2.00 bits per heavy atom. The lowest BCUT2D eigenvalue weighted by Gasteiger charge is -2.24. The third-order valence-electron chi connectivity index (χ3n) is 3.89. The first-order chi connectivity index (χ1) is 10.1. The monoisotopic (exact) mass is 291 g/mol. The number of methoxy groups -OCH3 is 1. The Morgan fingerprint density at radius 3 is 2.57 bits per heavy atom. The largest absolute Gasteiger partial charge is 0.497 e. The third-order valence-corrected chi connectivity index (χ3v) is 3.89. The Labute approximate surface area is 124 Å². The van der Waals surface area contributed by atoms with E-state index in [0.717, 1.165) is 11.3 Å². The zero-order chi connectivity index (χ0) is 15.4. The molecule has 1 saturated heterocycles. The van der Waals surface area contributed by atoms with E-state index < -0.39 is 0 Å². The zero-order valence-corrected chi connectivity index (χ0v) is 12.7. The second-order valence-corrected chi connectivity index (χ2v) is 5.17. The van der Waals surface area contributed by atoms with Crippen molar-refractivity contribution in [3.63, 3.8) is 0 Å². The van der Waals surface area contributed by atoms with Crippen molar-refractivity contribution in [1.82, 2.24) is 4.90 Å². The Bertz CT molecular complexity index is 512. The first kappa shape index (κ1) is 15.4. The van der Waals surface area contributed by atoms with Gasteiger partial charge in [0.25, 0.3) is 0 Å². The van der Waals surface area contributed by atoms with Gasteiger partial charge < -0.3 is 14.4 Å². The maximum absolute atomic E-state index is 12.1. The standard InChI is InChI=1S/C16H21NO4/c1-4-21-16(19)14-9-15(18)17(11(14)2)10-12-5-7-13(20-3)8-6-12/h5-8,11,14H,4,9-10H2,1-3H3. The number of hydrogen-bond donors (Lipinski definition) is 0. The van der Waals surface area contributed by atoms with Crippen molar-refractivity contribution in [2.45, 2.75) is 32.9 Å². The van der Waals surface area contributed by atoms with Crippen molar-refractivity contribution in [3.8, 4) is 5.75 Å². The molecule has 1 aromatic carbocycles. The van der Waals surface area contributed by atoms with Crippen LogP contribution in [0, 0.1) is 5.92 Å². The van der Waals surface area contributed by atoms with E-state index in [-0.39, 0.29) is 30.3 Å². The molecule has 5 nitrogen and oxygen atoms in total. The number of likely N-dealkylation sites (tertiary alicyclic amines) is 1. The minimum atomic E-state index is -0.365. The summed E-state index contributed by atoms with van der Waals surface area (Å²) in [4.78, 5) is 25.7. The van der Waals surface area contributed by atoms with Crippen LogP contribution >= 0.6 is 0 Å². The molecule has 2 atom stereocenters. The lowest BCUT2D eigenvalue weighted by atomic mass is 10.0. The van der Waals surface area contributed by atoms with Gasteiger partial charge in [0.1, 0.15) is 5.75 Å². The number of carbonyl (C=O) groups excluding carboxylic acids is 2. The number of esters is 1. The maximum atomic E-state index is 12.1. The van der Waals surface area contributed by atoms with Gasteiger partial charge in [0.05, 0.1) is 19.6 Å². The van der Waals surface area contributed by atoms with Gasteiger partial charge in [-0.05, 0) is 31.5 Å². The molecule has 1 aromatic rings. The molecule has 0 N–H and O–H groups in total. The summed E-state index contributed by atoms with van der Waals surface area (Å²) in [5.74, 6) is 0.131. The van der Waals surface area contributed by atoms with Gasteiger partial charge >= 0.3 is 5.97 Å². The average Bonchev–Trinajstić information content (AvgIpc) is 2.76. The predicted molar refractivity (Wildman–Crippen MR) is 77.7 cm³/mol. The van der Waals surface area contributed by atoms with Gasteiger partial charge in [0.15, 0.2) is 0 Å². The van der Waals surface area contributed by atoms with E-state index in [1.807, 2.05) is 31.2 Å². The summed E-state index contributed by atoms with van der Waals surface area (Å²) in [6, 6.07) is 7.44. The molecule has 2 rings (SSSR count). The van der Waals surface area contributed by atoms with Crippen molar-refractivity contribution < 1.29 is 19.1 Å². The molecule has 0 aliphatic carbocycles. The normalized spacial score (nSPS) is 21.5. The van der Waals surface area contributed by atoms with Crippen LogP contribution < -0.4 is 4.74 Å². The van der Waals surface area contributed by atoms with E-state index in [1.165, 1.54) is 0 Å². The molecule has 1 heterocycles. The van der Waals surface area contributed by atoms with Gasteiger partial charge in [-0.15, -0.1) is 0 Å². The topological polar surface area (TPSA) is 55.8 Å². The van der Waals surface area contributed by atoms with E-state index >= 15 is 0 Å². The second kappa shape index (κ2) is 6.61. The molecule has 21 heavy (non-hydrogen) atoms. The van der Waals surface area contributed by atoms with Gasteiger partial charge in [0.2, 0.25) is 5.91 Å². The molecule has 2 unspecified atom stereocenters. The first-order valence-electron chi connectivity index (χ1n) is 7.15. The summed E-state index contributed by atoms with van der Waals surface area (Å²) < 4.78 is 10.2. The molecule has 0 aromatic heterocycles. The molecule has 0 radical (unpaired) electrons. The molecule has 0 saturated carbocycles. The first-order valence-corrected chi connectivity index (χ1v) is 7.15. The van der Waals surface area contributed by atoms with E-state index in [9.17, 15) is 9.59 Å². The second-order valence-electron chi connectivity index (χ2n) is 5.17. The van der Waals surface area contributed by atoms with Crippen molar-refractivity contribution in [2.24, 2.45) is 5.92 Å². The molecule has 1 fully saturated rings. The van der Waals surface area contributed by atoms with Crippen molar-refractivity contribution in [2.75, 3.05) is 13.7 Å². The molecule has 1 amide bonds.